The number of anilines is 1. The van der Waals surface area contributed by atoms with E-state index in [9.17, 15) is 0 Å². The van der Waals surface area contributed by atoms with E-state index < -0.39 is 0 Å². The van der Waals surface area contributed by atoms with Gasteiger partial charge in [0.2, 0.25) is 0 Å². The molecule has 22 heavy (non-hydrogen) atoms. The smallest absolute Gasteiger partial charge is 0.0991 e. The molecule has 3 N–H and O–H groups in total. The van der Waals surface area contributed by atoms with Crippen LogP contribution in [0.1, 0.15) is 33.3 Å². The fourth-order valence-corrected chi connectivity index (χ4v) is 1.57. The second-order valence-corrected chi connectivity index (χ2v) is 3.52. The third-order valence-electron chi connectivity index (χ3n) is 2.52. The number of nitrogens with two attached hydrogens (primary N) is 1. The molecule has 0 unspecified atom stereocenters. The third-order valence-corrected chi connectivity index (χ3v) is 2.52. The molecule has 0 atom stereocenters. The zero-order chi connectivity index (χ0) is 17.4. The molecule has 2 aromatic carbocycles. The normalized spacial score (nSPS) is 7.73. The van der Waals surface area contributed by atoms with Gasteiger partial charge < -0.3 is 11.1 Å². The average molecular weight is 299 g/mol. The predicted octanol–water partition coefficient (Wildman–Crippen LogP) is 4.89. The van der Waals surface area contributed by atoms with Gasteiger partial charge in [-0.1, -0.05) is 52.0 Å². The van der Waals surface area contributed by atoms with Crippen molar-refractivity contribution in [3.05, 3.63) is 54.1 Å². The molecular formula is C19H29N3. The van der Waals surface area contributed by atoms with E-state index in [0.717, 1.165) is 16.8 Å². The standard InChI is InChI=1S/C14H12N2.2C2H6.CH5N/c1-16-14-8-6-13(7-9-14)12-4-2-11(10-15)3-5-12;3*1-2/h2-9,16H,1H3;2*1-2H3;2H2,1H3. The Balaban J connectivity index is 0. The van der Waals surface area contributed by atoms with Crippen LogP contribution in [0.3, 0.4) is 0 Å². The summed E-state index contributed by atoms with van der Waals surface area (Å²) in [5.41, 5.74) is 8.57. The van der Waals surface area contributed by atoms with Gasteiger partial charge in [0.1, 0.15) is 0 Å². The fraction of sp³-hybridized carbons (Fsp3) is 0.316. The Labute approximate surface area is 135 Å². The third kappa shape index (κ3) is 7.47. The lowest BCUT2D eigenvalue weighted by Crippen LogP contribution is -1.86. The Kier molecular flexibility index (Phi) is 15.1. The lowest BCUT2D eigenvalue weighted by molar-refractivity contribution is 1.48. The molecule has 0 aliphatic carbocycles. The van der Waals surface area contributed by atoms with Crippen molar-refractivity contribution in [2.75, 3.05) is 19.4 Å². The van der Waals surface area contributed by atoms with Gasteiger partial charge in [0.05, 0.1) is 11.6 Å². The van der Waals surface area contributed by atoms with Crippen LogP contribution in [0, 0.1) is 11.3 Å². The van der Waals surface area contributed by atoms with E-state index in [1.807, 2.05) is 71.1 Å². The predicted molar refractivity (Wildman–Crippen MR) is 98.9 cm³/mol. The second kappa shape index (κ2) is 15.1. The summed E-state index contributed by atoms with van der Waals surface area (Å²) in [6.07, 6.45) is 0. The van der Waals surface area contributed by atoms with Crippen molar-refractivity contribution < 1.29 is 0 Å². The van der Waals surface area contributed by atoms with Crippen LogP contribution < -0.4 is 11.1 Å². The molecule has 0 aliphatic heterocycles. The van der Waals surface area contributed by atoms with Gasteiger partial charge in [-0.25, -0.2) is 0 Å². The van der Waals surface area contributed by atoms with Crippen molar-refractivity contribution in [2.45, 2.75) is 27.7 Å². The average Bonchev–Trinajstić information content (AvgIpc) is 2.67. The molecule has 3 nitrogen and oxygen atoms in total. The minimum atomic E-state index is 0.690. The summed E-state index contributed by atoms with van der Waals surface area (Å²) in [6, 6.07) is 17.9. The number of hydrogen-bond donors (Lipinski definition) is 2. The zero-order valence-electron chi connectivity index (χ0n) is 14.6. The van der Waals surface area contributed by atoms with Crippen LogP contribution >= 0.6 is 0 Å². The van der Waals surface area contributed by atoms with E-state index >= 15 is 0 Å². The van der Waals surface area contributed by atoms with Crippen LogP contribution in [0.5, 0.6) is 0 Å². The Morgan fingerprint density at radius 1 is 0.773 bits per heavy atom. The van der Waals surface area contributed by atoms with Crippen LogP contribution in [0.2, 0.25) is 0 Å². The van der Waals surface area contributed by atoms with E-state index in [2.05, 4.69) is 29.3 Å². The van der Waals surface area contributed by atoms with Crippen molar-refractivity contribution in [2.24, 2.45) is 5.73 Å². The summed E-state index contributed by atoms with van der Waals surface area (Å²) in [6.45, 7) is 8.00. The summed E-state index contributed by atoms with van der Waals surface area (Å²) in [7, 11) is 3.40. The maximum Gasteiger partial charge on any atom is 0.0991 e. The maximum absolute atomic E-state index is 8.71. The van der Waals surface area contributed by atoms with Gasteiger partial charge in [-0.05, 0) is 42.4 Å². The number of rotatable bonds is 2. The first kappa shape index (κ1) is 22.0. The van der Waals surface area contributed by atoms with Crippen LogP contribution in [-0.2, 0) is 0 Å². The van der Waals surface area contributed by atoms with E-state index in [-0.39, 0.29) is 0 Å². The molecule has 120 valence electrons. The molecular weight excluding hydrogens is 270 g/mol. The molecule has 0 spiro atoms. The lowest BCUT2D eigenvalue weighted by atomic mass is 10.0. The van der Waals surface area contributed by atoms with E-state index in [1.165, 1.54) is 7.05 Å². The quantitative estimate of drug-likeness (QED) is 0.829. The highest BCUT2D eigenvalue weighted by molar-refractivity contribution is 5.66. The van der Waals surface area contributed by atoms with E-state index in [4.69, 9.17) is 5.26 Å². The van der Waals surface area contributed by atoms with Gasteiger partial charge >= 0.3 is 0 Å². The zero-order valence-corrected chi connectivity index (χ0v) is 14.6. The molecule has 0 aliphatic rings. The van der Waals surface area contributed by atoms with Crippen LogP contribution in [0.4, 0.5) is 5.69 Å². The lowest BCUT2D eigenvalue weighted by Gasteiger charge is -2.03. The molecule has 0 saturated heterocycles. The molecule has 0 radical (unpaired) electrons. The molecule has 0 aromatic heterocycles. The minimum absolute atomic E-state index is 0.690. The monoisotopic (exact) mass is 299 g/mol. The highest BCUT2D eigenvalue weighted by Crippen LogP contribution is 2.21. The summed E-state index contributed by atoms with van der Waals surface area (Å²) in [5.74, 6) is 0. The SMILES string of the molecule is CC.CC.CN.CNc1ccc(-c2ccc(C#N)cc2)cc1. The molecule has 0 bridgehead atoms. The van der Waals surface area contributed by atoms with Gasteiger partial charge in [-0.2, -0.15) is 5.26 Å². The summed E-state index contributed by atoms with van der Waals surface area (Å²) < 4.78 is 0. The minimum Gasteiger partial charge on any atom is -0.388 e. The van der Waals surface area contributed by atoms with E-state index in [0.29, 0.717) is 5.56 Å². The summed E-state index contributed by atoms with van der Waals surface area (Å²) in [5, 5.41) is 11.8. The molecule has 2 rings (SSSR count). The molecule has 0 amide bonds. The Morgan fingerprint density at radius 3 is 1.45 bits per heavy atom. The van der Waals surface area contributed by atoms with Crippen LogP contribution in [0.15, 0.2) is 48.5 Å². The van der Waals surface area contributed by atoms with Gasteiger partial charge in [-0.15, -0.1) is 0 Å². The number of hydrogen-bond acceptors (Lipinski definition) is 3. The fourth-order valence-electron chi connectivity index (χ4n) is 1.57. The van der Waals surface area contributed by atoms with Crippen LogP contribution in [0.25, 0.3) is 11.1 Å². The Bertz CT molecular complexity index is 508. The summed E-state index contributed by atoms with van der Waals surface area (Å²) >= 11 is 0. The Morgan fingerprint density at radius 2 is 1.14 bits per heavy atom. The number of nitrogens with zero attached hydrogens (tertiary/aromatic N) is 1. The molecule has 0 saturated carbocycles. The molecule has 0 fully saturated rings. The number of benzene rings is 2. The summed E-state index contributed by atoms with van der Waals surface area (Å²) in [4.78, 5) is 0. The van der Waals surface area contributed by atoms with Gasteiger partial charge in [0, 0.05) is 12.7 Å². The molecule has 3 heteroatoms. The highest BCUT2D eigenvalue weighted by Gasteiger charge is 1.97. The first-order valence-corrected chi connectivity index (χ1v) is 7.69. The molecule has 2 aromatic rings. The topological polar surface area (TPSA) is 61.8 Å². The number of nitriles is 1. The second-order valence-electron chi connectivity index (χ2n) is 3.52. The number of nitrogens with one attached hydrogen (secondary N) is 1. The molecule has 0 heterocycles. The van der Waals surface area contributed by atoms with Crippen molar-refractivity contribution >= 4 is 5.69 Å². The highest BCUT2D eigenvalue weighted by atomic mass is 14.8. The van der Waals surface area contributed by atoms with E-state index in [1.54, 1.807) is 0 Å². The largest absolute Gasteiger partial charge is 0.388 e. The van der Waals surface area contributed by atoms with Gasteiger partial charge in [-0.3, -0.25) is 0 Å². The van der Waals surface area contributed by atoms with Crippen molar-refractivity contribution in [1.82, 2.24) is 0 Å². The van der Waals surface area contributed by atoms with Crippen molar-refractivity contribution in [3.63, 3.8) is 0 Å². The van der Waals surface area contributed by atoms with Crippen LogP contribution in [-0.4, -0.2) is 14.1 Å². The van der Waals surface area contributed by atoms with Crippen molar-refractivity contribution in [3.8, 4) is 17.2 Å². The first-order chi connectivity index (χ1) is 10.8. The van der Waals surface area contributed by atoms with Crippen molar-refractivity contribution in [1.29, 1.82) is 5.26 Å². The maximum atomic E-state index is 8.71. The first-order valence-electron chi connectivity index (χ1n) is 7.69. The Hall–Kier alpha value is -2.31. The van der Waals surface area contributed by atoms with Gasteiger partial charge in [0.25, 0.3) is 0 Å². The van der Waals surface area contributed by atoms with Gasteiger partial charge in [0.15, 0.2) is 0 Å².